The van der Waals surface area contributed by atoms with Gasteiger partial charge in [-0.05, 0) is 14.5 Å². The van der Waals surface area contributed by atoms with Crippen LogP contribution in [0, 0.1) is 0 Å². The molecule has 126 valence electrons. The molecule has 0 aliphatic carbocycles. The maximum atomic E-state index is 11.5. The third kappa shape index (κ3) is 5.07. The van der Waals surface area contributed by atoms with Gasteiger partial charge in [-0.15, -0.1) is 0 Å². The summed E-state index contributed by atoms with van der Waals surface area (Å²) in [5.74, 6) is 0. The first-order valence-electron chi connectivity index (χ1n) is 6.27. The van der Waals surface area contributed by atoms with Crippen molar-refractivity contribution < 1.29 is 48.2 Å². The van der Waals surface area contributed by atoms with E-state index in [0.29, 0.717) is 33.2 Å². The first-order chi connectivity index (χ1) is 9.47. The Morgan fingerprint density at radius 3 is 2.33 bits per heavy atom. The van der Waals surface area contributed by atoms with Crippen LogP contribution in [0.4, 0.5) is 0 Å². The van der Waals surface area contributed by atoms with Crippen LogP contribution in [0.1, 0.15) is 6.92 Å². The van der Waals surface area contributed by atoms with Crippen molar-refractivity contribution in [2.24, 2.45) is 0 Å². The summed E-state index contributed by atoms with van der Waals surface area (Å²) in [5.41, 5.74) is 0. The average molecular weight is 347 g/mol. The van der Waals surface area contributed by atoms with Crippen molar-refractivity contribution in [1.82, 2.24) is 0 Å². The number of hydrogen-bond donors (Lipinski definition) is 3. The number of aliphatic hydroxyl groups excluding tert-OH is 1. The molecular weight excluding hydrogens is 328 g/mol. The maximum absolute atomic E-state index is 11.5. The minimum atomic E-state index is -5.83. The summed E-state index contributed by atoms with van der Waals surface area (Å²) in [4.78, 5) is 34.0. The Balaban J connectivity index is 2.52. The molecule has 12 heteroatoms. The molecule has 0 amide bonds. The molecule has 0 aromatic rings. The summed E-state index contributed by atoms with van der Waals surface area (Å²) in [5, 5.41) is 15.5. The predicted molar refractivity (Wildman–Crippen MR) is 64.2 cm³/mol. The van der Waals surface area contributed by atoms with Crippen molar-refractivity contribution >= 4 is 15.2 Å². The zero-order chi connectivity index (χ0) is 16.3. The van der Waals surface area contributed by atoms with E-state index >= 15 is 0 Å². The first-order valence-corrected chi connectivity index (χ1v) is 9.35. The molecule has 0 radical (unpaired) electrons. The Morgan fingerprint density at radius 2 is 1.86 bits per heavy atom. The zero-order valence-corrected chi connectivity index (χ0v) is 13.3. The number of nitrogens with one attached hydrogen (secondary N) is 1. The highest BCUT2D eigenvalue weighted by molar-refractivity contribution is 7.70. The lowest BCUT2D eigenvalue weighted by Crippen LogP contribution is -3.15. The van der Waals surface area contributed by atoms with E-state index in [4.69, 9.17) is 4.74 Å². The Bertz CT molecular complexity index is 431. The van der Waals surface area contributed by atoms with Gasteiger partial charge in [0.2, 0.25) is 0 Å². The van der Waals surface area contributed by atoms with Gasteiger partial charge in [0.1, 0.15) is 25.7 Å². The SMILES string of the molecule is C[C@](O)(P(=O)([O-])[O-])P(=O)([O-])OC[C@H](O)C[NH+]1CCOCC1. The van der Waals surface area contributed by atoms with Gasteiger partial charge in [-0.1, -0.05) is 0 Å². The highest BCUT2D eigenvalue weighted by Gasteiger charge is 2.39. The summed E-state index contributed by atoms with van der Waals surface area (Å²) in [6, 6.07) is 0. The lowest BCUT2D eigenvalue weighted by molar-refractivity contribution is -0.911. The van der Waals surface area contributed by atoms with Crippen molar-refractivity contribution in [2.45, 2.75) is 18.1 Å². The fourth-order valence-corrected chi connectivity index (χ4v) is 3.70. The van der Waals surface area contributed by atoms with Gasteiger partial charge in [-0.25, -0.2) is 0 Å². The summed E-state index contributed by atoms with van der Waals surface area (Å²) in [6.07, 6.45) is -1.19. The normalized spacial score (nSPS) is 25.0. The van der Waals surface area contributed by atoms with Crippen molar-refractivity contribution in [1.29, 1.82) is 0 Å². The van der Waals surface area contributed by atoms with E-state index in [-0.39, 0.29) is 6.54 Å². The molecule has 1 fully saturated rings. The first kappa shape index (κ1) is 19.2. The van der Waals surface area contributed by atoms with Gasteiger partial charge in [-0.3, -0.25) is 0 Å². The highest BCUT2D eigenvalue weighted by atomic mass is 31.2. The molecule has 10 nitrogen and oxygen atoms in total. The molecule has 0 bridgehead atoms. The van der Waals surface area contributed by atoms with Crippen LogP contribution < -0.4 is 19.6 Å². The van der Waals surface area contributed by atoms with Crippen molar-refractivity contribution in [3.8, 4) is 0 Å². The standard InChI is InChI=1S/C9H21NO9P2/c1-9(12,20(13,14)15)21(16,17)19-7-8(11)6-10-2-4-18-5-3-10/h8,11-12H,2-7H2,1H3,(H,16,17)(H2,13,14,15)/p-2/t8-,9+/m1/s1. The molecule has 0 aromatic heterocycles. The van der Waals surface area contributed by atoms with Gasteiger partial charge in [0.25, 0.3) is 0 Å². The molecule has 21 heavy (non-hydrogen) atoms. The Morgan fingerprint density at radius 1 is 1.33 bits per heavy atom. The fourth-order valence-electron chi connectivity index (χ4n) is 1.71. The van der Waals surface area contributed by atoms with Crippen molar-refractivity contribution in [3.63, 3.8) is 0 Å². The van der Waals surface area contributed by atoms with Gasteiger partial charge in [0, 0.05) is 0 Å². The number of hydrogen-bond acceptors (Lipinski definition) is 9. The topological polar surface area (TPSA) is 167 Å². The van der Waals surface area contributed by atoms with Crippen LogP contribution in [0.15, 0.2) is 0 Å². The van der Waals surface area contributed by atoms with E-state index in [9.17, 15) is 34.0 Å². The summed E-state index contributed by atoms with van der Waals surface area (Å²) in [7, 11) is -11.2. The Kier molecular flexibility index (Phi) is 6.53. The second-order valence-corrected chi connectivity index (χ2v) is 9.32. The number of quaternary nitrogens is 1. The number of morpholine rings is 1. The fraction of sp³-hybridized carbons (Fsp3) is 1.00. The number of aliphatic hydroxyl groups is 2. The Labute approximate surface area is 122 Å². The molecule has 1 heterocycles. The average Bonchev–Trinajstić information content (AvgIpc) is 2.36. The van der Waals surface area contributed by atoms with Gasteiger partial charge in [0.05, 0.1) is 19.8 Å². The Hall–Kier alpha value is 0.140. The minimum Gasteiger partial charge on any atom is -0.808 e. The van der Waals surface area contributed by atoms with E-state index in [2.05, 4.69) is 4.52 Å². The molecule has 1 rings (SSSR count). The molecule has 1 saturated heterocycles. The summed E-state index contributed by atoms with van der Waals surface area (Å²) in [6.45, 7) is 2.10. The van der Waals surface area contributed by atoms with E-state index in [0.717, 1.165) is 4.90 Å². The highest BCUT2D eigenvalue weighted by Crippen LogP contribution is 2.63. The van der Waals surface area contributed by atoms with Crippen molar-refractivity contribution in [2.75, 3.05) is 39.5 Å². The van der Waals surface area contributed by atoms with Crippen LogP contribution in [0.25, 0.3) is 0 Å². The zero-order valence-electron chi connectivity index (χ0n) is 11.5. The van der Waals surface area contributed by atoms with Crippen molar-refractivity contribution in [3.05, 3.63) is 0 Å². The molecule has 1 aliphatic rings. The second kappa shape index (κ2) is 7.14. The largest absolute Gasteiger partial charge is 0.808 e. The predicted octanol–water partition coefficient (Wildman–Crippen LogP) is -4.59. The lowest BCUT2D eigenvalue weighted by Gasteiger charge is -2.49. The van der Waals surface area contributed by atoms with Crippen LogP contribution in [-0.2, 0) is 18.4 Å². The molecule has 0 spiro atoms. The molecule has 3 N–H and O–H groups in total. The number of rotatable bonds is 7. The molecule has 0 saturated carbocycles. The van der Waals surface area contributed by atoms with Crippen LogP contribution in [0.2, 0.25) is 0 Å². The maximum Gasteiger partial charge on any atom is 0.171 e. The lowest BCUT2D eigenvalue weighted by atomic mass is 10.3. The third-order valence-electron chi connectivity index (χ3n) is 3.20. The summed E-state index contributed by atoms with van der Waals surface area (Å²) >= 11 is 0. The van der Waals surface area contributed by atoms with Crippen LogP contribution in [0.3, 0.4) is 0 Å². The molecular formula is C9H19NO9P2-2. The minimum absolute atomic E-state index is 0.178. The molecule has 0 aromatic carbocycles. The smallest absolute Gasteiger partial charge is 0.171 e. The van der Waals surface area contributed by atoms with E-state index in [1.807, 2.05) is 0 Å². The van der Waals surface area contributed by atoms with Gasteiger partial charge >= 0.3 is 0 Å². The third-order valence-corrected chi connectivity index (χ3v) is 7.23. The molecule has 3 atom stereocenters. The molecule has 1 aliphatic heterocycles. The quantitative estimate of drug-likeness (QED) is 0.384. The van der Waals surface area contributed by atoms with Gasteiger partial charge < -0.3 is 48.2 Å². The van der Waals surface area contributed by atoms with Crippen LogP contribution in [0.5, 0.6) is 0 Å². The van der Waals surface area contributed by atoms with Crippen LogP contribution in [-0.4, -0.2) is 60.9 Å². The number of ether oxygens (including phenoxy) is 1. The van der Waals surface area contributed by atoms with E-state index in [1.165, 1.54) is 0 Å². The van der Waals surface area contributed by atoms with E-state index in [1.54, 1.807) is 0 Å². The van der Waals surface area contributed by atoms with E-state index < -0.39 is 33.0 Å². The molecule has 1 unspecified atom stereocenters. The monoisotopic (exact) mass is 347 g/mol. The van der Waals surface area contributed by atoms with Gasteiger partial charge in [-0.2, -0.15) is 0 Å². The second-order valence-electron chi connectivity index (χ2n) is 4.98. The van der Waals surface area contributed by atoms with Gasteiger partial charge in [0.15, 0.2) is 12.7 Å². The van der Waals surface area contributed by atoms with Crippen LogP contribution >= 0.6 is 15.2 Å². The summed E-state index contributed by atoms with van der Waals surface area (Å²) < 4.78 is 31.7.